The summed E-state index contributed by atoms with van der Waals surface area (Å²) in [6.45, 7) is -0.561. The van der Waals surface area contributed by atoms with Gasteiger partial charge in [-0.2, -0.15) is 0 Å². The number of benzene rings is 1. The molecule has 3 nitrogen and oxygen atoms in total. The van der Waals surface area contributed by atoms with Crippen molar-refractivity contribution in [3.8, 4) is 5.75 Å². The third-order valence-electron chi connectivity index (χ3n) is 2.42. The first-order valence-corrected chi connectivity index (χ1v) is 5.49. The molecule has 0 bridgehead atoms. The molecule has 18 heavy (non-hydrogen) atoms. The fourth-order valence-corrected chi connectivity index (χ4v) is 1.47. The summed E-state index contributed by atoms with van der Waals surface area (Å²) >= 11 is 0. The van der Waals surface area contributed by atoms with Crippen LogP contribution in [0.2, 0.25) is 0 Å². The maximum atomic E-state index is 13.6. The molecule has 6 heteroatoms. The lowest BCUT2D eigenvalue weighted by Crippen LogP contribution is -2.16. The van der Waals surface area contributed by atoms with E-state index in [0.29, 0.717) is 11.3 Å². The molecular formula is C12H16F3NO2. The van der Waals surface area contributed by atoms with Crippen LogP contribution in [0.5, 0.6) is 5.75 Å². The fraction of sp³-hybridized carbons (Fsp3) is 0.500. The molecule has 1 atom stereocenters. The van der Waals surface area contributed by atoms with Gasteiger partial charge in [0.1, 0.15) is 18.2 Å². The number of rotatable bonds is 7. The van der Waals surface area contributed by atoms with Crippen molar-refractivity contribution in [2.75, 3.05) is 20.3 Å². The molecule has 0 amide bonds. The fourth-order valence-electron chi connectivity index (χ4n) is 1.47. The molecule has 0 saturated heterocycles. The second-order valence-corrected chi connectivity index (χ2v) is 3.75. The predicted octanol–water partition coefficient (Wildman–Crippen LogP) is 2.51. The van der Waals surface area contributed by atoms with Crippen LogP contribution in [-0.4, -0.2) is 26.7 Å². The van der Waals surface area contributed by atoms with E-state index in [1.54, 1.807) is 6.07 Å². The van der Waals surface area contributed by atoms with E-state index in [1.807, 2.05) is 0 Å². The van der Waals surface area contributed by atoms with Crippen LogP contribution in [0.3, 0.4) is 0 Å². The van der Waals surface area contributed by atoms with Crippen LogP contribution in [0.1, 0.15) is 18.0 Å². The van der Waals surface area contributed by atoms with Crippen LogP contribution in [0.4, 0.5) is 13.2 Å². The molecule has 0 spiro atoms. The molecule has 0 aromatic heterocycles. The van der Waals surface area contributed by atoms with Crippen LogP contribution in [0.15, 0.2) is 18.2 Å². The normalized spacial score (nSPS) is 12.8. The van der Waals surface area contributed by atoms with Gasteiger partial charge in [0.05, 0.1) is 7.11 Å². The molecule has 0 radical (unpaired) electrons. The zero-order chi connectivity index (χ0) is 13.5. The summed E-state index contributed by atoms with van der Waals surface area (Å²) in [5, 5.41) is 0. The van der Waals surface area contributed by atoms with E-state index in [1.165, 1.54) is 19.2 Å². The van der Waals surface area contributed by atoms with E-state index in [4.69, 9.17) is 15.2 Å². The lowest BCUT2D eigenvalue weighted by Gasteiger charge is -2.13. The minimum absolute atomic E-state index is 0.0664. The number of alkyl halides is 2. The molecule has 0 fully saturated rings. The minimum Gasteiger partial charge on any atom is -0.497 e. The number of hydrogen-bond acceptors (Lipinski definition) is 3. The smallest absolute Gasteiger partial charge is 0.261 e. The van der Waals surface area contributed by atoms with Gasteiger partial charge < -0.3 is 15.2 Å². The summed E-state index contributed by atoms with van der Waals surface area (Å²) in [6, 6.07) is 3.76. The van der Waals surface area contributed by atoms with Gasteiger partial charge in [-0.15, -0.1) is 0 Å². The molecule has 0 heterocycles. The highest BCUT2D eigenvalue weighted by Gasteiger charge is 2.12. The third-order valence-corrected chi connectivity index (χ3v) is 2.42. The lowest BCUT2D eigenvalue weighted by atomic mass is 10.0. The lowest BCUT2D eigenvalue weighted by molar-refractivity contribution is 0.0151. The Balaban J connectivity index is 2.48. The van der Waals surface area contributed by atoms with Crippen molar-refractivity contribution in [1.29, 1.82) is 0 Å². The van der Waals surface area contributed by atoms with Gasteiger partial charge >= 0.3 is 0 Å². The Labute approximate surface area is 104 Å². The molecule has 0 saturated carbocycles. The first-order chi connectivity index (χ1) is 8.54. The highest BCUT2D eigenvalue weighted by molar-refractivity contribution is 5.30. The zero-order valence-electron chi connectivity index (χ0n) is 10.0. The minimum atomic E-state index is -2.50. The molecule has 0 aliphatic carbocycles. The Bertz CT molecular complexity index is 374. The highest BCUT2D eigenvalue weighted by Crippen LogP contribution is 2.22. The van der Waals surface area contributed by atoms with Gasteiger partial charge in [0, 0.05) is 24.3 Å². The second-order valence-electron chi connectivity index (χ2n) is 3.75. The van der Waals surface area contributed by atoms with Gasteiger partial charge in [0.2, 0.25) is 0 Å². The molecule has 0 aliphatic heterocycles. The average molecular weight is 263 g/mol. The van der Waals surface area contributed by atoms with Crippen molar-refractivity contribution in [2.45, 2.75) is 18.9 Å². The number of ether oxygens (including phenoxy) is 2. The van der Waals surface area contributed by atoms with Crippen molar-refractivity contribution in [1.82, 2.24) is 0 Å². The van der Waals surface area contributed by atoms with E-state index in [-0.39, 0.29) is 13.0 Å². The summed E-state index contributed by atoms with van der Waals surface area (Å²) in [7, 11) is 1.44. The summed E-state index contributed by atoms with van der Waals surface area (Å²) in [6.07, 6.45) is -2.23. The van der Waals surface area contributed by atoms with Crippen LogP contribution in [-0.2, 0) is 4.74 Å². The summed E-state index contributed by atoms with van der Waals surface area (Å²) in [4.78, 5) is 0. The zero-order valence-corrected chi connectivity index (χ0v) is 10.0. The maximum Gasteiger partial charge on any atom is 0.261 e. The summed E-state index contributed by atoms with van der Waals surface area (Å²) in [5.41, 5.74) is 6.07. The van der Waals surface area contributed by atoms with E-state index >= 15 is 0 Å². The Kier molecular flexibility index (Phi) is 5.94. The van der Waals surface area contributed by atoms with Crippen molar-refractivity contribution in [3.63, 3.8) is 0 Å². The molecule has 1 unspecified atom stereocenters. The van der Waals surface area contributed by atoms with Crippen LogP contribution < -0.4 is 10.5 Å². The van der Waals surface area contributed by atoms with Gasteiger partial charge in [-0.3, -0.25) is 0 Å². The molecule has 0 aliphatic rings. The monoisotopic (exact) mass is 263 g/mol. The topological polar surface area (TPSA) is 44.5 Å². The maximum absolute atomic E-state index is 13.6. The van der Waals surface area contributed by atoms with Crippen molar-refractivity contribution < 1.29 is 22.6 Å². The Morgan fingerprint density at radius 2 is 2.06 bits per heavy atom. The number of nitrogens with two attached hydrogens (primary N) is 1. The molecular weight excluding hydrogens is 247 g/mol. The number of methoxy groups -OCH3 is 1. The quantitative estimate of drug-likeness (QED) is 0.769. The largest absolute Gasteiger partial charge is 0.497 e. The molecule has 2 N–H and O–H groups in total. The Morgan fingerprint density at radius 1 is 1.33 bits per heavy atom. The van der Waals surface area contributed by atoms with Gasteiger partial charge in [-0.1, -0.05) is 6.07 Å². The van der Waals surface area contributed by atoms with Crippen LogP contribution >= 0.6 is 0 Å². The second kappa shape index (κ2) is 7.23. The molecule has 1 aromatic carbocycles. The first kappa shape index (κ1) is 14.8. The Morgan fingerprint density at radius 3 is 2.61 bits per heavy atom. The first-order valence-electron chi connectivity index (χ1n) is 5.49. The van der Waals surface area contributed by atoms with E-state index in [0.717, 1.165) is 0 Å². The van der Waals surface area contributed by atoms with E-state index in [9.17, 15) is 13.2 Å². The van der Waals surface area contributed by atoms with Crippen molar-refractivity contribution in [3.05, 3.63) is 29.6 Å². The molecule has 1 rings (SSSR count). The van der Waals surface area contributed by atoms with Crippen LogP contribution in [0.25, 0.3) is 0 Å². The predicted molar refractivity (Wildman–Crippen MR) is 61.3 cm³/mol. The molecule has 102 valence electrons. The van der Waals surface area contributed by atoms with Crippen LogP contribution in [0, 0.1) is 5.82 Å². The summed E-state index contributed by atoms with van der Waals surface area (Å²) in [5.74, 6) is -0.0758. The van der Waals surface area contributed by atoms with E-state index < -0.39 is 24.9 Å². The van der Waals surface area contributed by atoms with Gasteiger partial charge in [-0.05, 0) is 12.5 Å². The van der Waals surface area contributed by atoms with Crippen molar-refractivity contribution in [2.24, 2.45) is 5.73 Å². The summed E-state index contributed by atoms with van der Waals surface area (Å²) < 4.78 is 46.8. The van der Waals surface area contributed by atoms with Gasteiger partial charge in [-0.25, -0.2) is 13.2 Å². The third kappa shape index (κ3) is 4.54. The van der Waals surface area contributed by atoms with Crippen molar-refractivity contribution >= 4 is 0 Å². The van der Waals surface area contributed by atoms with Gasteiger partial charge in [0.15, 0.2) is 0 Å². The van der Waals surface area contributed by atoms with E-state index in [2.05, 4.69) is 0 Å². The number of halogens is 3. The standard InChI is InChI=1S/C12H16F3NO2/c1-17-8-2-3-9(10(13)6-8)11(16)4-5-18-7-12(14)15/h2-3,6,11-12H,4-5,7,16H2,1H3. The molecule has 1 aromatic rings. The highest BCUT2D eigenvalue weighted by atomic mass is 19.3. The number of hydrogen-bond donors (Lipinski definition) is 1. The Hall–Kier alpha value is -1.27. The SMILES string of the molecule is COc1ccc(C(N)CCOCC(F)F)c(F)c1. The average Bonchev–Trinajstić information content (AvgIpc) is 2.33. The van der Waals surface area contributed by atoms with Gasteiger partial charge in [0.25, 0.3) is 6.43 Å².